The molecule has 0 radical (unpaired) electrons. The molecule has 9 nitrogen and oxygen atoms in total. The van der Waals surface area contributed by atoms with Gasteiger partial charge in [0, 0.05) is 18.1 Å². The number of rotatable bonds is 9. The summed E-state index contributed by atoms with van der Waals surface area (Å²) in [6.45, 7) is 1.11. The number of nitrogens with two attached hydrogens (primary N) is 1. The summed E-state index contributed by atoms with van der Waals surface area (Å²) >= 11 is 0. The van der Waals surface area contributed by atoms with Crippen molar-refractivity contribution in [3.8, 4) is 5.75 Å². The summed E-state index contributed by atoms with van der Waals surface area (Å²) in [6.07, 6.45) is -0.711. The van der Waals surface area contributed by atoms with Crippen LogP contribution in [0.2, 0.25) is 0 Å². The van der Waals surface area contributed by atoms with Crippen LogP contribution < -0.4 is 15.8 Å². The maximum atomic E-state index is 12.4. The van der Waals surface area contributed by atoms with E-state index in [1.807, 2.05) is 0 Å². The fourth-order valence-corrected chi connectivity index (χ4v) is 2.50. The van der Waals surface area contributed by atoms with E-state index in [2.05, 4.69) is 10.1 Å². The average Bonchev–Trinajstić information content (AvgIpc) is 2.74. The van der Waals surface area contributed by atoms with Gasteiger partial charge >= 0.3 is 11.9 Å². The van der Waals surface area contributed by atoms with Crippen LogP contribution in [0.1, 0.15) is 34.5 Å². The zero-order chi connectivity index (χ0) is 22.1. The Morgan fingerprint density at radius 3 is 2.17 bits per heavy atom. The van der Waals surface area contributed by atoms with E-state index in [1.54, 1.807) is 48.5 Å². The number of ether oxygens (including phenoxy) is 3. The van der Waals surface area contributed by atoms with Crippen LogP contribution in [0.5, 0.6) is 5.75 Å². The molecule has 2 aromatic carbocycles. The fourth-order valence-electron chi connectivity index (χ4n) is 2.50. The number of nitrogen functional groups attached to an aromatic ring is 1. The van der Waals surface area contributed by atoms with Gasteiger partial charge in [-0.25, -0.2) is 4.79 Å². The van der Waals surface area contributed by atoms with Crippen molar-refractivity contribution in [2.75, 3.05) is 20.3 Å². The number of hydrogen-bond acceptors (Lipinski definition) is 7. The average molecular weight is 413 g/mol. The van der Waals surface area contributed by atoms with Gasteiger partial charge in [-0.1, -0.05) is 24.3 Å². The molecule has 1 amide bonds. The Morgan fingerprint density at radius 2 is 1.63 bits per heavy atom. The van der Waals surface area contributed by atoms with Crippen LogP contribution in [-0.2, 0) is 19.1 Å². The van der Waals surface area contributed by atoms with E-state index in [0.29, 0.717) is 22.4 Å². The van der Waals surface area contributed by atoms with Crippen LogP contribution in [0.15, 0.2) is 48.5 Å². The summed E-state index contributed by atoms with van der Waals surface area (Å²) in [5, 5.41) is 10.1. The molecule has 0 aliphatic carbocycles. The molecule has 30 heavy (non-hydrogen) atoms. The minimum absolute atomic E-state index is 0.0508. The second-order valence-electron chi connectivity index (χ2n) is 6.23. The number of nitrogens with one attached hydrogen (secondary N) is 2. The van der Waals surface area contributed by atoms with Gasteiger partial charge in [0.2, 0.25) is 0 Å². The van der Waals surface area contributed by atoms with Gasteiger partial charge in [-0.15, -0.1) is 0 Å². The normalized spacial score (nSPS) is 11.1. The largest absolute Gasteiger partial charge is 0.482 e. The molecule has 1 unspecified atom stereocenters. The SMILES string of the molecule is COC(=O)COc1ccc(C(CNC(=O)c2ccc(C(=N)N)cc2)OC(C)=O)cc1. The number of esters is 2. The maximum absolute atomic E-state index is 12.4. The summed E-state index contributed by atoms with van der Waals surface area (Å²) in [7, 11) is 1.27. The molecule has 0 saturated carbocycles. The maximum Gasteiger partial charge on any atom is 0.343 e. The Morgan fingerprint density at radius 1 is 1.03 bits per heavy atom. The van der Waals surface area contributed by atoms with Crippen LogP contribution in [-0.4, -0.2) is 43.9 Å². The number of carbonyl (C=O) groups is 3. The second kappa shape index (κ2) is 10.6. The van der Waals surface area contributed by atoms with Crippen molar-refractivity contribution in [2.45, 2.75) is 13.0 Å². The smallest absolute Gasteiger partial charge is 0.343 e. The minimum Gasteiger partial charge on any atom is -0.482 e. The van der Waals surface area contributed by atoms with E-state index < -0.39 is 18.0 Å². The van der Waals surface area contributed by atoms with E-state index in [0.717, 1.165) is 0 Å². The molecule has 0 aliphatic heterocycles. The first-order valence-corrected chi connectivity index (χ1v) is 8.99. The van der Waals surface area contributed by atoms with E-state index in [-0.39, 0.29) is 24.9 Å². The second-order valence-corrected chi connectivity index (χ2v) is 6.23. The van der Waals surface area contributed by atoms with Crippen molar-refractivity contribution in [1.29, 1.82) is 5.41 Å². The highest BCUT2D eigenvalue weighted by Crippen LogP contribution is 2.21. The predicted molar refractivity (Wildman–Crippen MR) is 108 cm³/mol. The molecular formula is C21H23N3O6. The van der Waals surface area contributed by atoms with Crippen molar-refractivity contribution in [3.63, 3.8) is 0 Å². The monoisotopic (exact) mass is 413 g/mol. The highest BCUT2D eigenvalue weighted by Gasteiger charge is 2.17. The molecule has 4 N–H and O–H groups in total. The number of benzene rings is 2. The third-order valence-corrected chi connectivity index (χ3v) is 4.05. The molecule has 2 aromatic rings. The first-order chi connectivity index (χ1) is 14.3. The molecular weight excluding hydrogens is 390 g/mol. The van der Waals surface area contributed by atoms with Gasteiger partial charge in [-0.2, -0.15) is 0 Å². The summed E-state index contributed by atoms with van der Waals surface area (Å²) in [6, 6.07) is 12.9. The van der Waals surface area contributed by atoms with Gasteiger partial charge in [0.25, 0.3) is 5.91 Å². The Hall–Kier alpha value is -3.88. The van der Waals surface area contributed by atoms with Gasteiger partial charge in [-0.05, 0) is 29.8 Å². The van der Waals surface area contributed by atoms with E-state index in [4.69, 9.17) is 20.6 Å². The molecule has 0 heterocycles. The van der Waals surface area contributed by atoms with Crippen LogP contribution in [0, 0.1) is 5.41 Å². The summed E-state index contributed by atoms with van der Waals surface area (Å²) in [4.78, 5) is 35.0. The Labute approximate surface area is 173 Å². The molecule has 2 rings (SSSR count). The number of amides is 1. The van der Waals surface area contributed by atoms with Crippen molar-refractivity contribution >= 4 is 23.7 Å². The van der Waals surface area contributed by atoms with E-state index in [1.165, 1.54) is 14.0 Å². The molecule has 0 fully saturated rings. The molecule has 1 atom stereocenters. The van der Waals surface area contributed by atoms with Crippen LogP contribution in [0.4, 0.5) is 0 Å². The lowest BCUT2D eigenvalue weighted by Gasteiger charge is -2.18. The van der Waals surface area contributed by atoms with Crippen LogP contribution in [0.25, 0.3) is 0 Å². The van der Waals surface area contributed by atoms with Crippen LogP contribution in [0.3, 0.4) is 0 Å². The molecule has 0 aliphatic rings. The lowest BCUT2D eigenvalue weighted by molar-refractivity contribution is -0.146. The topological polar surface area (TPSA) is 141 Å². The van der Waals surface area contributed by atoms with Crippen LogP contribution >= 0.6 is 0 Å². The zero-order valence-corrected chi connectivity index (χ0v) is 16.6. The predicted octanol–water partition coefficient (Wildman–Crippen LogP) is 1.56. The highest BCUT2D eigenvalue weighted by molar-refractivity contribution is 5.98. The van der Waals surface area contributed by atoms with Gasteiger partial charge in [0.1, 0.15) is 17.7 Å². The van der Waals surface area contributed by atoms with Gasteiger partial charge < -0.3 is 25.3 Å². The molecule has 0 aromatic heterocycles. The Balaban J connectivity index is 2.03. The van der Waals surface area contributed by atoms with Crippen molar-refractivity contribution in [3.05, 3.63) is 65.2 Å². The van der Waals surface area contributed by atoms with Gasteiger partial charge in [0.15, 0.2) is 6.61 Å². The molecule has 0 saturated heterocycles. The van der Waals surface area contributed by atoms with Crippen molar-refractivity contribution in [1.82, 2.24) is 5.32 Å². The lowest BCUT2D eigenvalue weighted by atomic mass is 10.1. The zero-order valence-electron chi connectivity index (χ0n) is 16.6. The molecule has 0 spiro atoms. The standard InChI is InChI=1S/C21H23N3O6/c1-13(25)30-18(14-7-9-17(10-8-14)29-12-19(26)28-2)11-24-21(27)16-5-3-15(4-6-16)20(22)23/h3-10,18H,11-12H2,1-2H3,(H3,22,23)(H,24,27). The number of amidine groups is 1. The van der Waals surface area contributed by atoms with Crippen molar-refractivity contribution < 1.29 is 28.6 Å². The summed E-state index contributed by atoms with van der Waals surface area (Å²) in [5.74, 6) is -1.00. The third-order valence-electron chi connectivity index (χ3n) is 4.05. The Bertz CT molecular complexity index is 909. The minimum atomic E-state index is -0.711. The third kappa shape index (κ3) is 6.62. The molecule has 158 valence electrons. The van der Waals surface area contributed by atoms with Gasteiger partial charge in [-0.3, -0.25) is 15.0 Å². The first-order valence-electron chi connectivity index (χ1n) is 8.99. The number of carbonyl (C=O) groups excluding carboxylic acids is 3. The van der Waals surface area contributed by atoms with Crippen molar-refractivity contribution in [2.24, 2.45) is 5.73 Å². The van der Waals surface area contributed by atoms with E-state index >= 15 is 0 Å². The van der Waals surface area contributed by atoms with Gasteiger partial charge in [0.05, 0.1) is 13.7 Å². The highest BCUT2D eigenvalue weighted by atomic mass is 16.6. The molecule has 9 heteroatoms. The van der Waals surface area contributed by atoms with E-state index in [9.17, 15) is 14.4 Å². The number of methoxy groups -OCH3 is 1. The lowest BCUT2D eigenvalue weighted by Crippen LogP contribution is -2.30. The fraction of sp³-hybridized carbons (Fsp3) is 0.238. The molecule has 0 bridgehead atoms. The quantitative estimate of drug-likeness (QED) is 0.322. The summed E-state index contributed by atoms with van der Waals surface area (Å²) < 4.78 is 15.1. The first kappa shape index (κ1) is 22.4. The Kier molecular flexibility index (Phi) is 7.92. The summed E-state index contributed by atoms with van der Waals surface area (Å²) in [5.41, 5.74) is 6.94. The number of hydrogen-bond donors (Lipinski definition) is 3.